The van der Waals surface area contributed by atoms with Crippen LogP contribution in [0.2, 0.25) is 5.02 Å². The van der Waals surface area contributed by atoms with Crippen LogP contribution >= 0.6 is 11.6 Å². The van der Waals surface area contributed by atoms with Gasteiger partial charge >= 0.3 is 5.97 Å². The zero-order chi connectivity index (χ0) is 29.9. The van der Waals surface area contributed by atoms with Crippen LogP contribution in [-0.4, -0.2) is 34.0 Å². The molecule has 1 unspecified atom stereocenters. The number of piperidine rings is 1. The van der Waals surface area contributed by atoms with E-state index in [1.807, 2.05) is 18.3 Å². The highest BCUT2D eigenvalue weighted by atomic mass is 35.5. The van der Waals surface area contributed by atoms with Crippen LogP contribution in [0.3, 0.4) is 0 Å². The zero-order valence-electron chi connectivity index (χ0n) is 24.0. The molecule has 43 heavy (non-hydrogen) atoms. The number of carboxylic acids is 1. The predicted molar refractivity (Wildman–Crippen MR) is 157 cm³/mol. The number of hydrogen-bond donors (Lipinski definition) is 1. The van der Waals surface area contributed by atoms with Crippen LogP contribution in [0, 0.1) is 28.5 Å². The van der Waals surface area contributed by atoms with Crippen molar-refractivity contribution in [2.75, 3.05) is 13.1 Å². The minimum atomic E-state index is -1.28. The van der Waals surface area contributed by atoms with Gasteiger partial charge in [-0.1, -0.05) is 29.8 Å². The van der Waals surface area contributed by atoms with Gasteiger partial charge in [0.25, 0.3) is 5.79 Å². The highest BCUT2D eigenvalue weighted by Crippen LogP contribution is 2.52. The Morgan fingerprint density at radius 1 is 1.21 bits per heavy atom. The number of carboxylic acid groups (broad SMARTS) is 1. The number of aliphatic carboxylic acids is 1. The number of nitriles is 1. The van der Waals surface area contributed by atoms with E-state index in [0.29, 0.717) is 41.5 Å². The minimum Gasteiger partial charge on any atom is -0.481 e. The van der Waals surface area contributed by atoms with Crippen LogP contribution in [0.1, 0.15) is 78.8 Å². The van der Waals surface area contributed by atoms with Crippen molar-refractivity contribution in [3.05, 3.63) is 87.4 Å². The third-order valence-electron chi connectivity index (χ3n) is 9.67. The molecule has 1 saturated heterocycles. The van der Waals surface area contributed by atoms with Crippen molar-refractivity contribution in [2.24, 2.45) is 11.3 Å². The van der Waals surface area contributed by atoms with Crippen LogP contribution in [0.25, 0.3) is 0 Å². The Bertz CT molecular complexity index is 1650. The molecule has 2 aliphatic carbocycles. The fourth-order valence-electron chi connectivity index (χ4n) is 6.79. The summed E-state index contributed by atoms with van der Waals surface area (Å²) in [7, 11) is 0. The largest absolute Gasteiger partial charge is 0.481 e. The Morgan fingerprint density at radius 3 is 2.67 bits per heavy atom. The number of pyridine rings is 1. The summed E-state index contributed by atoms with van der Waals surface area (Å²) in [5.41, 5.74) is 4.10. The van der Waals surface area contributed by atoms with E-state index in [-0.39, 0.29) is 23.2 Å². The van der Waals surface area contributed by atoms with E-state index < -0.39 is 17.6 Å². The molecule has 0 bridgehead atoms. The molecule has 2 saturated carbocycles. The van der Waals surface area contributed by atoms with Gasteiger partial charge in [-0.05, 0) is 98.8 Å². The van der Waals surface area contributed by atoms with Crippen LogP contribution < -0.4 is 9.47 Å². The molecule has 3 aromatic rings. The zero-order valence-corrected chi connectivity index (χ0v) is 24.7. The molecule has 3 fully saturated rings. The van der Waals surface area contributed by atoms with E-state index in [1.54, 1.807) is 19.1 Å². The summed E-state index contributed by atoms with van der Waals surface area (Å²) >= 11 is 5.97. The number of fused-ring (bicyclic) bond motifs is 1. The summed E-state index contributed by atoms with van der Waals surface area (Å²) in [4.78, 5) is 18.7. The maximum absolute atomic E-state index is 14.8. The number of benzene rings is 2. The second-order valence-corrected chi connectivity index (χ2v) is 13.2. The van der Waals surface area contributed by atoms with Crippen LogP contribution in [0.15, 0.2) is 48.7 Å². The molecule has 3 heterocycles. The van der Waals surface area contributed by atoms with Crippen molar-refractivity contribution in [3.63, 3.8) is 0 Å². The van der Waals surface area contributed by atoms with E-state index in [4.69, 9.17) is 26.1 Å². The number of aromatic nitrogens is 1. The molecule has 9 heteroatoms. The summed E-state index contributed by atoms with van der Waals surface area (Å²) in [5.74, 6) is -1.28. The quantitative estimate of drug-likeness (QED) is 0.299. The van der Waals surface area contributed by atoms with Crippen molar-refractivity contribution in [1.82, 2.24) is 9.88 Å². The lowest BCUT2D eigenvalue weighted by Gasteiger charge is -2.33. The average Bonchev–Trinajstić information content (AvgIpc) is 3.91. The van der Waals surface area contributed by atoms with Crippen molar-refractivity contribution in [2.45, 2.75) is 69.6 Å². The van der Waals surface area contributed by atoms with Crippen molar-refractivity contribution < 1.29 is 23.8 Å². The first-order valence-electron chi connectivity index (χ1n) is 15.0. The summed E-state index contributed by atoms with van der Waals surface area (Å²) in [6.45, 7) is 4.16. The van der Waals surface area contributed by atoms with Gasteiger partial charge in [0.15, 0.2) is 11.5 Å². The fourth-order valence-corrected chi connectivity index (χ4v) is 6.94. The molecule has 222 valence electrons. The topological polar surface area (TPSA) is 95.7 Å². The molecule has 3 atom stereocenters. The first-order chi connectivity index (χ1) is 20.7. The lowest BCUT2D eigenvalue weighted by molar-refractivity contribution is -0.138. The molecule has 1 N–H and O–H groups in total. The number of ether oxygens (including phenoxy) is 2. The Labute approximate surface area is 255 Å². The number of para-hydroxylation sites is 1. The number of halogens is 2. The van der Waals surface area contributed by atoms with Gasteiger partial charge in [-0.15, -0.1) is 0 Å². The monoisotopic (exact) mass is 601 g/mol. The minimum absolute atomic E-state index is 0.0163. The van der Waals surface area contributed by atoms with Gasteiger partial charge in [-0.25, -0.2) is 4.39 Å². The Morgan fingerprint density at radius 2 is 2.00 bits per heavy atom. The first kappa shape index (κ1) is 28.1. The molecule has 4 aliphatic rings. The average molecular weight is 602 g/mol. The molecular formula is C34H33ClFN3O4. The number of nitrogens with zero attached hydrogens (tertiary/aromatic N) is 3. The summed E-state index contributed by atoms with van der Waals surface area (Å²) in [6, 6.07) is 15.0. The standard InChI is InChI=1S/C34H33ClFN3O4/c1-33(27-6-5-23(35)14-28(27)36)42-30-4-2-3-24(31(30)43-33)20-7-11-39(12-8-20)18-29-21(16-34(19-37)9-10-34)13-22(17-38-29)25-15-26(25)32(40)41/h2-6,13-14,17,20,25-26H,7-12,15-16,18H2,1H3,(H,40,41)/t25-,26?,33-/m0/s1. The Hall–Kier alpha value is -3.67. The van der Waals surface area contributed by atoms with Crippen molar-refractivity contribution >= 4 is 17.6 Å². The fraction of sp³-hybridized carbons (Fsp3) is 0.441. The van der Waals surface area contributed by atoms with E-state index in [1.165, 1.54) is 6.07 Å². The highest BCUT2D eigenvalue weighted by molar-refractivity contribution is 6.30. The van der Waals surface area contributed by atoms with Crippen molar-refractivity contribution in [3.8, 4) is 17.6 Å². The maximum Gasteiger partial charge on any atom is 0.307 e. The Balaban J connectivity index is 1.05. The van der Waals surface area contributed by atoms with Crippen molar-refractivity contribution in [1.29, 1.82) is 5.26 Å². The van der Waals surface area contributed by atoms with Gasteiger partial charge in [-0.2, -0.15) is 5.26 Å². The Kier molecular flexibility index (Phi) is 6.87. The molecule has 1 aromatic heterocycles. The molecule has 2 aliphatic heterocycles. The van der Waals surface area contributed by atoms with Crippen LogP contribution in [0.5, 0.6) is 11.5 Å². The second kappa shape index (κ2) is 10.5. The van der Waals surface area contributed by atoms with E-state index in [0.717, 1.165) is 61.2 Å². The molecule has 2 aromatic carbocycles. The lowest BCUT2D eigenvalue weighted by atomic mass is 9.88. The number of likely N-dealkylation sites (tertiary alicyclic amines) is 1. The van der Waals surface area contributed by atoms with Crippen LogP contribution in [0.4, 0.5) is 4.39 Å². The lowest BCUT2D eigenvalue weighted by Crippen LogP contribution is -2.34. The van der Waals surface area contributed by atoms with E-state index in [9.17, 15) is 19.6 Å². The second-order valence-electron chi connectivity index (χ2n) is 12.7. The SMILES string of the molecule is C[C@]1(c2ccc(Cl)cc2F)Oc2cccc(C3CCN(Cc4ncc([C@@H]5CC5C(=O)O)cc4CC4(C#N)CC4)CC3)c2O1. The smallest absolute Gasteiger partial charge is 0.307 e. The summed E-state index contributed by atoms with van der Waals surface area (Å²) in [6.07, 6.45) is 6.80. The molecular weight excluding hydrogens is 569 g/mol. The molecule has 0 spiro atoms. The van der Waals surface area contributed by atoms with Gasteiger partial charge in [0, 0.05) is 30.3 Å². The van der Waals surface area contributed by atoms with E-state index >= 15 is 0 Å². The number of carbonyl (C=O) groups is 1. The molecule has 7 nitrogen and oxygen atoms in total. The predicted octanol–water partition coefficient (Wildman–Crippen LogP) is 6.93. The number of rotatable bonds is 8. The van der Waals surface area contributed by atoms with Gasteiger partial charge < -0.3 is 14.6 Å². The summed E-state index contributed by atoms with van der Waals surface area (Å²) < 4.78 is 27.3. The number of hydrogen-bond acceptors (Lipinski definition) is 6. The van der Waals surface area contributed by atoms with Gasteiger partial charge in [0.05, 0.1) is 28.7 Å². The summed E-state index contributed by atoms with van der Waals surface area (Å²) in [5, 5.41) is 19.5. The third kappa shape index (κ3) is 5.34. The molecule has 7 rings (SSSR count). The van der Waals surface area contributed by atoms with Gasteiger partial charge in [0.2, 0.25) is 0 Å². The molecule has 0 radical (unpaired) electrons. The third-order valence-corrected chi connectivity index (χ3v) is 9.90. The van der Waals surface area contributed by atoms with Gasteiger partial charge in [0.1, 0.15) is 5.82 Å². The highest BCUT2D eigenvalue weighted by Gasteiger charge is 2.47. The van der Waals surface area contributed by atoms with E-state index in [2.05, 4.69) is 23.1 Å². The normalized spacial score (nSPS) is 25.7. The van der Waals surface area contributed by atoms with Gasteiger partial charge in [-0.3, -0.25) is 14.7 Å². The maximum atomic E-state index is 14.8. The van der Waals surface area contributed by atoms with Crippen LogP contribution in [-0.2, 0) is 23.5 Å². The first-order valence-corrected chi connectivity index (χ1v) is 15.4. The molecule has 0 amide bonds.